The summed E-state index contributed by atoms with van der Waals surface area (Å²) in [5, 5.41) is 16.0. The quantitative estimate of drug-likeness (QED) is 0.0178. The molecule has 2 aromatic rings. The summed E-state index contributed by atoms with van der Waals surface area (Å²) in [5.74, 6) is 3.33. The van der Waals surface area contributed by atoms with Crippen LogP contribution >= 0.6 is 0 Å². The van der Waals surface area contributed by atoms with Crippen LogP contribution in [0.3, 0.4) is 0 Å². The van der Waals surface area contributed by atoms with Gasteiger partial charge in [-0.1, -0.05) is 194 Å². The molecule has 1 heterocycles. The highest BCUT2D eigenvalue weighted by atomic mass is 16.5. The lowest BCUT2D eigenvalue weighted by Crippen LogP contribution is -2.31. The van der Waals surface area contributed by atoms with Crippen molar-refractivity contribution in [1.29, 1.82) is 10.7 Å². The SMILES string of the molecule is CCCCCCCCCCCCOc1cc(C[n+]2ccn(CCCOC(=O)C(=C=N)C#N)c2)cc(OCCCCCCCCCCCC)c1OCCCCCCCCCCCC. The molecule has 350 valence electrons. The number of nitrogens with one attached hydrogen (secondary N) is 1. The monoisotopic (exact) mass is 862 g/mol. The molecule has 0 saturated heterocycles. The van der Waals surface area contributed by atoms with Crippen molar-refractivity contribution in [2.75, 3.05) is 26.4 Å². The van der Waals surface area contributed by atoms with Crippen molar-refractivity contribution in [3.05, 3.63) is 42.0 Å². The molecule has 0 aliphatic heterocycles. The molecule has 0 unspecified atom stereocenters. The molecule has 62 heavy (non-hydrogen) atoms. The Bertz CT molecular complexity index is 1450. The molecule has 0 amide bonds. The van der Waals surface area contributed by atoms with Crippen LogP contribution in [0.2, 0.25) is 0 Å². The average molecular weight is 862 g/mol. The number of hydrogen-bond acceptors (Lipinski definition) is 7. The molecule has 9 heteroatoms. The third kappa shape index (κ3) is 27.3. The molecular weight excluding hydrogens is 773 g/mol. The molecular formula is C53H89N4O5+. The van der Waals surface area contributed by atoms with Gasteiger partial charge in [0.2, 0.25) is 12.1 Å². The molecule has 0 atom stereocenters. The van der Waals surface area contributed by atoms with Crippen LogP contribution in [0.1, 0.15) is 225 Å². The number of carbonyl (C=O) groups is 1. The number of aromatic nitrogens is 2. The van der Waals surface area contributed by atoms with E-state index in [0.29, 0.717) is 39.3 Å². The first-order chi connectivity index (χ1) is 30.6. The molecule has 9 nitrogen and oxygen atoms in total. The molecule has 0 fully saturated rings. The zero-order chi connectivity index (χ0) is 44.6. The smallest absolute Gasteiger partial charge is 0.358 e. The van der Waals surface area contributed by atoms with Crippen LogP contribution < -0.4 is 18.8 Å². The van der Waals surface area contributed by atoms with Gasteiger partial charge in [-0.15, -0.1) is 0 Å². The number of ether oxygens (including phenoxy) is 4. The molecule has 0 bridgehead atoms. The number of esters is 1. The highest BCUT2D eigenvalue weighted by Gasteiger charge is 2.18. The van der Waals surface area contributed by atoms with Gasteiger partial charge in [0, 0.05) is 17.9 Å². The van der Waals surface area contributed by atoms with Gasteiger partial charge < -0.3 is 18.9 Å². The molecule has 0 saturated carbocycles. The number of imidazole rings is 1. The van der Waals surface area contributed by atoms with Crippen LogP contribution in [0, 0.1) is 16.7 Å². The minimum Gasteiger partial charge on any atom is -0.490 e. The molecule has 0 spiro atoms. The third-order valence-electron chi connectivity index (χ3n) is 11.7. The Labute approximate surface area is 378 Å². The number of carbonyl (C=O) groups excluding carboxylic acids is 1. The van der Waals surface area contributed by atoms with Crippen molar-refractivity contribution in [2.24, 2.45) is 0 Å². The van der Waals surface area contributed by atoms with E-state index in [9.17, 15) is 4.79 Å². The molecule has 1 aromatic carbocycles. The number of benzene rings is 1. The summed E-state index contributed by atoms with van der Waals surface area (Å²) in [5.41, 5.74) is 0.671. The Morgan fingerprint density at radius 1 is 0.581 bits per heavy atom. The third-order valence-corrected chi connectivity index (χ3v) is 11.7. The van der Waals surface area contributed by atoms with E-state index >= 15 is 0 Å². The molecule has 2 rings (SSSR count). The predicted octanol–water partition coefficient (Wildman–Crippen LogP) is 14.4. The second kappa shape index (κ2) is 38.9. The maximum absolute atomic E-state index is 11.9. The van der Waals surface area contributed by atoms with Gasteiger partial charge in [-0.3, -0.25) is 5.41 Å². The van der Waals surface area contributed by atoms with Crippen LogP contribution in [0.15, 0.2) is 36.4 Å². The second-order valence-corrected chi connectivity index (χ2v) is 17.4. The Morgan fingerprint density at radius 3 is 1.39 bits per heavy atom. The van der Waals surface area contributed by atoms with Gasteiger partial charge in [0.1, 0.15) is 25.0 Å². The lowest BCUT2D eigenvalue weighted by atomic mass is 10.1. The van der Waals surface area contributed by atoms with Crippen molar-refractivity contribution in [1.82, 2.24) is 4.57 Å². The summed E-state index contributed by atoms with van der Waals surface area (Å²) >= 11 is 0. The molecule has 0 aliphatic rings. The van der Waals surface area contributed by atoms with Crippen LogP contribution in [-0.2, 0) is 22.6 Å². The summed E-state index contributed by atoms with van der Waals surface area (Å²) in [6.07, 6.45) is 45.3. The van der Waals surface area contributed by atoms with Crippen molar-refractivity contribution in [3.63, 3.8) is 0 Å². The Morgan fingerprint density at radius 2 is 0.984 bits per heavy atom. The van der Waals surface area contributed by atoms with Gasteiger partial charge >= 0.3 is 5.97 Å². The summed E-state index contributed by atoms with van der Waals surface area (Å²) in [4.78, 5) is 11.9. The van der Waals surface area contributed by atoms with Crippen molar-refractivity contribution < 1.29 is 28.3 Å². The highest BCUT2D eigenvalue weighted by molar-refractivity contribution is 6.01. The largest absolute Gasteiger partial charge is 0.490 e. The lowest BCUT2D eigenvalue weighted by Gasteiger charge is -2.19. The molecule has 0 aliphatic carbocycles. The average Bonchev–Trinajstić information content (AvgIpc) is 3.73. The first kappa shape index (κ1) is 54.4. The van der Waals surface area contributed by atoms with Gasteiger partial charge in [0.05, 0.1) is 33.0 Å². The topological polar surface area (TPSA) is 110 Å². The predicted molar refractivity (Wildman–Crippen MR) is 255 cm³/mol. The fourth-order valence-corrected chi connectivity index (χ4v) is 7.87. The standard InChI is InChI=1S/C53H89N4O5/c1-4-7-10-13-16-19-22-25-28-31-38-59-50-42-48(46-57-37-36-56(47-57)35-34-41-62-53(58)49(44-54)45-55)43-51(60-39-32-29-26-23-20-17-14-11-8-5-2)52(50)61-40-33-30-27-24-21-18-15-12-9-6-3/h36-37,42-43,47,54H,4-35,38-41,46H2,1-3H3/q+1. The van der Waals surface area contributed by atoms with Gasteiger partial charge in [0.25, 0.3) is 0 Å². The minimum absolute atomic E-state index is 0.157. The first-order valence-electron chi connectivity index (χ1n) is 25.5. The molecule has 1 aromatic heterocycles. The lowest BCUT2D eigenvalue weighted by molar-refractivity contribution is -0.687. The number of nitriles is 1. The maximum atomic E-state index is 11.9. The summed E-state index contributed by atoms with van der Waals surface area (Å²) in [7, 11) is 0. The van der Waals surface area contributed by atoms with Crippen LogP contribution in [-0.4, -0.2) is 42.8 Å². The molecule has 1 N–H and O–H groups in total. The maximum Gasteiger partial charge on any atom is 0.358 e. The van der Waals surface area contributed by atoms with Crippen LogP contribution in [0.25, 0.3) is 0 Å². The zero-order valence-corrected chi connectivity index (χ0v) is 39.9. The highest BCUT2D eigenvalue weighted by Crippen LogP contribution is 2.40. The van der Waals surface area contributed by atoms with Crippen LogP contribution in [0.4, 0.5) is 0 Å². The number of unbranched alkanes of at least 4 members (excludes halogenated alkanes) is 27. The van der Waals surface area contributed by atoms with Crippen molar-refractivity contribution >= 4 is 11.8 Å². The van der Waals surface area contributed by atoms with Gasteiger partial charge in [0.15, 0.2) is 17.1 Å². The first-order valence-corrected chi connectivity index (χ1v) is 25.5. The second-order valence-electron chi connectivity index (χ2n) is 17.4. The van der Waals surface area contributed by atoms with E-state index in [-0.39, 0.29) is 6.61 Å². The number of nitrogens with zero attached hydrogens (tertiary/aromatic N) is 3. The van der Waals surface area contributed by atoms with Crippen molar-refractivity contribution in [3.8, 4) is 23.3 Å². The van der Waals surface area contributed by atoms with E-state index in [1.807, 2.05) is 24.6 Å². The Kier molecular flexibility index (Phi) is 34.1. The van der Waals surface area contributed by atoms with E-state index in [4.69, 9.17) is 29.6 Å². The number of rotatable bonds is 43. The Hall–Kier alpha value is -3.76. The number of hydrogen-bond donors (Lipinski definition) is 1. The van der Waals surface area contributed by atoms with Gasteiger partial charge in [-0.05, 0) is 31.4 Å². The number of aryl methyl sites for hydroxylation is 1. The normalized spacial score (nSPS) is 11.0. The fraction of sp³-hybridized carbons (Fsp3) is 0.755. The summed E-state index contributed by atoms with van der Waals surface area (Å²) < 4.78 is 29.2. The minimum atomic E-state index is -0.807. The van der Waals surface area contributed by atoms with E-state index in [1.165, 1.54) is 173 Å². The Balaban J connectivity index is 2.10. The van der Waals surface area contributed by atoms with E-state index < -0.39 is 11.5 Å². The van der Waals surface area contributed by atoms with Gasteiger partial charge in [-0.2, -0.15) is 5.26 Å². The van der Waals surface area contributed by atoms with E-state index in [0.717, 1.165) is 42.1 Å². The van der Waals surface area contributed by atoms with Crippen LogP contribution in [0.5, 0.6) is 17.2 Å². The van der Waals surface area contributed by atoms with Crippen molar-refractivity contribution in [2.45, 2.75) is 233 Å². The fourth-order valence-electron chi connectivity index (χ4n) is 7.87. The van der Waals surface area contributed by atoms with Gasteiger partial charge in [-0.25, -0.2) is 13.9 Å². The van der Waals surface area contributed by atoms with E-state index in [2.05, 4.69) is 42.0 Å². The zero-order valence-electron chi connectivity index (χ0n) is 39.9. The summed E-state index contributed by atoms with van der Waals surface area (Å²) in [6, 6.07) is 5.93. The van der Waals surface area contributed by atoms with E-state index in [1.54, 1.807) is 6.07 Å². The molecule has 0 radical (unpaired) electrons. The summed E-state index contributed by atoms with van der Waals surface area (Å²) in [6.45, 7) is 10.2.